The summed E-state index contributed by atoms with van der Waals surface area (Å²) in [6.07, 6.45) is 0.376. The average Bonchev–Trinajstić information content (AvgIpc) is 2.63. The quantitative estimate of drug-likeness (QED) is 0.445. The minimum Gasteiger partial charge on any atom is -0.466 e. The van der Waals surface area contributed by atoms with Crippen molar-refractivity contribution < 1.29 is 28.6 Å². The van der Waals surface area contributed by atoms with Crippen molar-refractivity contribution in [1.82, 2.24) is 4.90 Å². The van der Waals surface area contributed by atoms with Crippen molar-refractivity contribution in [3.63, 3.8) is 0 Å². The Kier molecular flexibility index (Phi) is 7.17. The summed E-state index contributed by atoms with van der Waals surface area (Å²) in [4.78, 5) is 37.6. The van der Waals surface area contributed by atoms with Crippen LogP contribution in [0.5, 0.6) is 0 Å². The molecule has 136 valence electrons. The Hall–Kier alpha value is -2.83. The molecule has 0 aliphatic carbocycles. The molecule has 0 bridgehead atoms. The summed E-state index contributed by atoms with van der Waals surface area (Å²) >= 11 is 0. The van der Waals surface area contributed by atoms with Crippen LogP contribution in [0, 0.1) is 0 Å². The lowest BCUT2D eigenvalue weighted by atomic mass is 9.91. The van der Waals surface area contributed by atoms with Crippen molar-refractivity contribution in [3.8, 4) is 0 Å². The van der Waals surface area contributed by atoms with Gasteiger partial charge in [-0.05, 0) is 19.4 Å². The van der Waals surface area contributed by atoms with Gasteiger partial charge >= 0.3 is 18.0 Å². The van der Waals surface area contributed by atoms with Crippen LogP contribution in [0.3, 0.4) is 0 Å². The van der Waals surface area contributed by atoms with Crippen molar-refractivity contribution in [2.45, 2.75) is 25.9 Å². The highest BCUT2D eigenvalue weighted by Crippen LogP contribution is 2.28. The second-order valence-corrected chi connectivity index (χ2v) is 5.67. The molecule has 25 heavy (non-hydrogen) atoms. The Morgan fingerprint density at radius 2 is 1.60 bits per heavy atom. The number of amides is 1. The second-order valence-electron chi connectivity index (χ2n) is 5.67. The van der Waals surface area contributed by atoms with Gasteiger partial charge < -0.3 is 14.2 Å². The summed E-state index contributed by atoms with van der Waals surface area (Å²) in [6.45, 7) is 3.42. The molecule has 0 saturated carbocycles. The van der Waals surface area contributed by atoms with Gasteiger partial charge in [0.1, 0.15) is 0 Å². The lowest BCUT2D eigenvalue weighted by Crippen LogP contribution is -2.50. The molecule has 7 nitrogen and oxygen atoms in total. The molecule has 7 heteroatoms. The number of hydrogen-bond acceptors (Lipinski definition) is 6. The number of carbonyl (C=O) groups is 3. The van der Waals surface area contributed by atoms with E-state index in [9.17, 15) is 14.4 Å². The molecule has 1 aromatic carbocycles. The Labute approximate surface area is 147 Å². The zero-order valence-electron chi connectivity index (χ0n) is 15.1. The van der Waals surface area contributed by atoms with Crippen molar-refractivity contribution in [3.05, 3.63) is 47.5 Å². The van der Waals surface area contributed by atoms with E-state index in [1.165, 1.54) is 26.2 Å². The molecule has 0 heterocycles. The van der Waals surface area contributed by atoms with E-state index in [1.807, 2.05) is 30.3 Å². The predicted molar refractivity (Wildman–Crippen MR) is 90.6 cm³/mol. The Morgan fingerprint density at radius 3 is 2.08 bits per heavy atom. The van der Waals surface area contributed by atoms with Gasteiger partial charge in [0.15, 0.2) is 0 Å². The SMILES string of the molecule is COC(=O)/C=C(\C(=O)OC)C(C)(C)N(Cc1ccccc1)C(=O)OC. The Morgan fingerprint density at radius 1 is 1.00 bits per heavy atom. The van der Waals surface area contributed by atoms with Gasteiger partial charge in [0.25, 0.3) is 0 Å². The van der Waals surface area contributed by atoms with Crippen molar-refractivity contribution in [1.29, 1.82) is 0 Å². The minimum absolute atomic E-state index is 0.0248. The van der Waals surface area contributed by atoms with Crippen LogP contribution in [0.1, 0.15) is 19.4 Å². The van der Waals surface area contributed by atoms with Crippen LogP contribution in [0.15, 0.2) is 42.0 Å². The smallest absolute Gasteiger partial charge is 0.410 e. The summed E-state index contributed by atoms with van der Waals surface area (Å²) in [5.41, 5.74) is -0.379. The molecule has 0 saturated heterocycles. The fourth-order valence-electron chi connectivity index (χ4n) is 2.28. The van der Waals surface area contributed by atoms with E-state index in [2.05, 4.69) is 4.74 Å². The van der Waals surface area contributed by atoms with E-state index in [0.717, 1.165) is 11.6 Å². The first-order chi connectivity index (χ1) is 11.8. The molecule has 0 unspecified atom stereocenters. The molecule has 0 spiro atoms. The first kappa shape index (κ1) is 20.2. The number of hydrogen-bond donors (Lipinski definition) is 0. The van der Waals surface area contributed by atoms with E-state index in [4.69, 9.17) is 9.47 Å². The van der Waals surface area contributed by atoms with Gasteiger partial charge in [0, 0.05) is 12.6 Å². The maximum absolute atomic E-state index is 12.3. The number of carbonyl (C=O) groups excluding carboxylic acids is 3. The van der Waals surface area contributed by atoms with E-state index < -0.39 is 23.6 Å². The molecular weight excluding hydrogens is 326 g/mol. The summed E-state index contributed by atoms with van der Waals surface area (Å²) in [6, 6.07) is 9.21. The second kappa shape index (κ2) is 8.86. The third-order valence-electron chi connectivity index (χ3n) is 3.78. The third-order valence-corrected chi connectivity index (χ3v) is 3.78. The number of rotatable bonds is 6. The predicted octanol–water partition coefficient (Wildman–Crippen LogP) is 2.31. The Balaban J connectivity index is 3.35. The molecular formula is C18H23NO6. The number of esters is 2. The molecule has 0 radical (unpaired) electrons. The van der Waals surface area contributed by atoms with E-state index in [1.54, 1.807) is 13.8 Å². The molecule has 1 amide bonds. The number of nitrogens with zero attached hydrogens (tertiary/aromatic N) is 1. The molecule has 1 aromatic rings. The topological polar surface area (TPSA) is 82.1 Å². The molecule has 0 atom stereocenters. The van der Waals surface area contributed by atoms with Gasteiger partial charge in [0.2, 0.25) is 0 Å². The molecule has 0 aliphatic rings. The van der Waals surface area contributed by atoms with Crippen LogP contribution in [0.25, 0.3) is 0 Å². The summed E-state index contributed by atoms with van der Waals surface area (Å²) in [5.74, 6) is -1.46. The number of methoxy groups -OCH3 is 3. The largest absolute Gasteiger partial charge is 0.466 e. The molecule has 1 rings (SSSR count). The lowest BCUT2D eigenvalue weighted by molar-refractivity contribution is -0.139. The van der Waals surface area contributed by atoms with Crippen molar-refractivity contribution in [2.24, 2.45) is 0 Å². The van der Waals surface area contributed by atoms with E-state index in [-0.39, 0.29) is 12.1 Å². The van der Waals surface area contributed by atoms with Crippen LogP contribution < -0.4 is 0 Å². The monoisotopic (exact) mass is 349 g/mol. The van der Waals surface area contributed by atoms with Crippen molar-refractivity contribution >= 4 is 18.0 Å². The summed E-state index contributed by atoms with van der Waals surface area (Å²) in [5, 5.41) is 0. The first-order valence-electron chi connectivity index (χ1n) is 7.55. The number of benzene rings is 1. The van der Waals surface area contributed by atoms with Crippen LogP contribution in [0.2, 0.25) is 0 Å². The highest BCUT2D eigenvalue weighted by atomic mass is 16.5. The van der Waals surface area contributed by atoms with Crippen LogP contribution >= 0.6 is 0 Å². The lowest BCUT2D eigenvalue weighted by Gasteiger charge is -2.38. The van der Waals surface area contributed by atoms with Gasteiger partial charge in [-0.25, -0.2) is 14.4 Å². The highest BCUT2D eigenvalue weighted by Gasteiger charge is 2.39. The third kappa shape index (κ3) is 5.07. The summed E-state index contributed by atoms with van der Waals surface area (Å²) in [7, 11) is 3.64. The van der Waals surface area contributed by atoms with Gasteiger partial charge in [-0.3, -0.25) is 4.90 Å². The van der Waals surface area contributed by atoms with Crippen LogP contribution in [-0.2, 0) is 30.3 Å². The van der Waals surface area contributed by atoms with Crippen molar-refractivity contribution in [2.75, 3.05) is 21.3 Å². The maximum atomic E-state index is 12.3. The molecule has 0 aliphatic heterocycles. The first-order valence-corrected chi connectivity index (χ1v) is 7.55. The van der Waals surface area contributed by atoms with Gasteiger partial charge in [-0.1, -0.05) is 30.3 Å². The van der Waals surface area contributed by atoms with Crippen LogP contribution in [0.4, 0.5) is 4.79 Å². The maximum Gasteiger partial charge on any atom is 0.410 e. The highest BCUT2D eigenvalue weighted by molar-refractivity contribution is 5.98. The zero-order chi connectivity index (χ0) is 19.0. The normalized spacial score (nSPS) is 11.5. The average molecular weight is 349 g/mol. The number of ether oxygens (including phenoxy) is 3. The van der Waals surface area contributed by atoms with Gasteiger partial charge in [-0.15, -0.1) is 0 Å². The molecule has 0 N–H and O–H groups in total. The fourth-order valence-corrected chi connectivity index (χ4v) is 2.28. The fraction of sp³-hybridized carbons (Fsp3) is 0.389. The molecule has 0 fully saturated rings. The zero-order valence-corrected chi connectivity index (χ0v) is 15.1. The summed E-state index contributed by atoms with van der Waals surface area (Å²) < 4.78 is 14.2. The van der Waals surface area contributed by atoms with Crippen LogP contribution in [-0.4, -0.2) is 49.8 Å². The Bertz CT molecular complexity index is 651. The van der Waals surface area contributed by atoms with Gasteiger partial charge in [0.05, 0.1) is 32.4 Å². The van der Waals surface area contributed by atoms with E-state index in [0.29, 0.717) is 0 Å². The molecule has 0 aromatic heterocycles. The van der Waals surface area contributed by atoms with E-state index >= 15 is 0 Å². The van der Waals surface area contributed by atoms with Gasteiger partial charge in [-0.2, -0.15) is 0 Å². The minimum atomic E-state index is -1.19. The standard InChI is InChI=1S/C18H23NO6/c1-18(2,14(16(21)24-4)11-15(20)23-3)19(17(22)25-5)12-13-9-7-6-8-10-13/h6-11H,12H2,1-5H3/b14-11+.